The van der Waals surface area contributed by atoms with E-state index in [1.165, 1.54) is 25.9 Å². The minimum absolute atomic E-state index is 0.0825. The largest absolute Gasteiger partial charge is 0.381 e. The van der Waals surface area contributed by atoms with Crippen molar-refractivity contribution in [1.82, 2.24) is 9.80 Å². The summed E-state index contributed by atoms with van der Waals surface area (Å²) >= 11 is 0. The van der Waals surface area contributed by atoms with Crippen molar-refractivity contribution < 1.29 is 9.53 Å². The molecule has 0 aromatic rings. The van der Waals surface area contributed by atoms with Crippen molar-refractivity contribution in [2.24, 2.45) is 0 Å². The predicted molar refractivity (Wildman–Crippen MR) is 80.6 cm³/mol. The fraction of sp³-hybridized carbons (Fsp3) is 0.688. The Kier molecular flexibility index (Phi) is 5.80. The molecule has 112 valence electrons. The number of carbonyl (C=O) groups is 1. The Morgan fingerprint density at radius 3 is 2.75 bits per heavy atom. The third kappa shape index (κ3) is 3.93. The molecule has 0 aromatic carbocycles. The van der Waals surface area contributed by atoms with Crippen LogP contribution in [0.1, 0.15) is 25.7 Å². The predicted octanol–water partition coefficient (Wildman–Crippen LogP) is 1.83. The molecule has 2 rings (SSSR count). The Morgan fingerprint density at radius 2 is 2.05 bits per heavy atom. The van der Waals surface area contributed by atoms with Gasteiger partial charge in [-0.05, 0) is 38.8 Å². The maximum atomic E-state index is 12.4. The Bertz CT molecular complexity index is 373. The smallest absolute Gasteiger partial charge is 0.253 e. The highest BCUT2D eigenvalue weighted by Crippen LogP contribution is 2.22. The number of likely N-dealkylation sites (tertiary alicyclic amines) is 2. The van der Waals surface area contributed by atoms with Crippen molar-refractivity contribution in [1.29, 1.82) is 0 Å². The third-order valence-electron chi connectivity index (χ3n) is 4.16. The molecule has 0 aliphatic carbocycles. The molecule has 2 heterocycles. The summed E-state index contributed by atoms with van der Waals surface area (Å²) in [5, 5.41) is 0. The molecular weight excluding hydrogens is 252 g/mol. The van der Waals surface area contributed by atoms with E-state index in [2.05, 4.69) is 11.5 Å². The van der Waals surface area contributed by atoms with Crippen LogP contribution in [0.2, 0.25) is 0 Å². The molecule has 2 aliphatic heterocycles. The summed E-state index contributed by atoms with van der Waals surface area (Å²) < 4.78 is 4.95. The first-order chi connectivity index (χ1) is 9.72. The van der Waals surface area contributed by atoms with Gasteiger partial charge >= 0.3 is 0 Å². The molecule has 1 unspecified atom stereocenters. The lowest BCUT2D eigenvalue weighted by Crippen LogP contribution is -2.42. The molecule has 0 saturated carbocycles. The summed E-state index contributed by atoms with van der Waals surface area (Å²) in [5.41, 5.74) is 0.565. The van der Waals surface area contributed by atoms with Gasteiger partial charge in [0.15, 0.2) is 0 Å². The summed E-state index contributed by atoms with van der Waals surface area (Å²) in [7, 11) is 1.64. The van der Waals surface area contributed by atoms with E-state index < -0.39 is 0 Å². The molecule has 4 nitrogen and oxygen atoms in total. The molecule has 0 aromatic heterocycles. The van der Waals surface area contributed by atoms with Gasteiger partial charge in [-0.15, -0.1) is 0 Å². The van der Waals surface area contributed by atoms with Gasteiger partial charge in [0.05, 0.1) is 6.61 Å². The van der Waals surface area contributed by atoms with Gasteiger partial charge in [0.1, 0.15) is 0 Å². The highest BCUT2D eigenvalue weighted by atomic mass is 16.5. The van der Waals surface area contributed by atoms with Crippen LogP contribution >= 0.6 is 0 Å². The normalized spacial score (nSPS) is 23.9. The van der Waals surface area contributed by atoms with Crippen LogP contribution in [0.15, 0.2) is 24.3 Å². The third-order valence-corrected chi connectivity index (χ3v) is 4.16. The minimum atomic E-state index is 0.0825. The fourth-order valence-electron chi connectivity index (χ4n) is 3.10. The summed E-state index contributed by atoms with van der Waals surface area (Å²) in [6.07, 6.45) is 8.44. The molecule has 1 amide bonds. The van der Waals surface area contributed by atoms with Crippen molar-refractivity contribution in [2.75, 3.05) is 39.9 Å². The summed E-state index contributed by atoms with van der Waals surface area (Å²) in [6.45, 7) is 8.68. The van der Waals surface area contributed by atoms with Crippen LogP contribution in [-0.4, -0.2) is 61.6 Å². The van der Waals surface area contributed by atoms with Gasteiger partial charge in [-0.3, -0.25) is 4.79 Å². The molecule has 0 spiro atoms. The van der Waals surface area contributed by atoms with Gasteiger partial charge in [-0.25, -0.2) is 0 Å². The number of amides is 1. The van der Waals surface area contributed by atoms with E-state index in [0.717, 1.165) is 25.9 Å². The lowest BCUT2D eigenvalue weighted by atomic mass is 10.2. The van der Waals surface area contributed by atoms with Gasteiger partial charge in [0, 0.05) is 31.8 Å². The van der Waals surface area contributed by atoms with Crippen molar-refractivity contribution in [3.05, 3.63) is 24.3 Å². The zero-order valence-corrected chi connectivity index (χ0v) is 12.5. The van der Waals surface area contributed by atoms with Crippen LogP contribution < -0.4 is 0 Å². The van der Waals surface area contributed by atoms with E-state index in [0.29, 0.717) is 18.2 Å². The first-order valence-electron chi connectivity index (χ1n) is 7.60. The molecule has 0 radical (unpaired) electrons. The standard InChI is InChI=1S/C16H26N2O2/c1-14(7-6-12-20-2)16(19)18-11-5-8-15(18)13-17-9-3-4-10-17/h6-7,15H,1,3-5,8-13H2,2H3/b7-6+. The van der Waals surface area contributed by atoms with Crippen molar-refractivity contribution in [3.63, 3.8) is 0 Å². The van der Waals surface area contributed by atoms with E-state index >= 15 is 0 Å². The highest BCUT2D eigenvalue weighted by Gasteiger charge is 2.31. The second kappa shape index (κ2) is 7.60. The van der Waals surface area contributed by atoms with E-state index in [1.54, 1.807) is 13.2 Å². The lowest BCUT2D eigenvalue weighted by Gasteiger charge is -2.28. The summed E-state index contributed by atoms with van der Waals surface area (Å²) in [5.74, 6) is 0.0825. The Labute approximate surface area is 122 Å². The van der Waals surface area contributed by atoms with Crippen LogP contribution in [-0.2, 0) is 9.53 Å². The van der Waals surface area contributed by atoms with E-state index in [9.17, 15) is 4.79 Å². The van der Waals surface area contributed by atoms with Crippen LogP contribution in [0.3, 0.4) is 0 Å². The lowest BCUT2D eigenvalue weighted by molar-refractivity contribution is -0.127. The zero-order chi connectivity index (χ0) is 14.4. The molecule has 20 heavy (non-hydrogen) atoms. The van der Waals surface area contributed by atoms with E-state index in [-0.39, 0.29) is 5.91 Å². The molecule has 0 bridgehead atoms. The first kappa shape index (κ1) is 15.3. The first-order valence-corrected chi connectivity index (χ1v) is 7.60. The van der Waals surface area contributed by atoms with Crippen molar-refractivity contribution in [3.8, 4) is 0 Å². The van der Waals surface area contributed by atoms with Crippen LogP contribution in [0.5, 0.6) is 0 Å². The average molecular weight is 278 g/mol. The number of carbonyl (C=O) groups excluding carboxylic acids is 1. The van der Waals surface area contributed by atoms with Gasteiger partial charge in [0.2, 0.25) is 0 Å². The molecular formula is C16H26N2O2. The number of rotatable bonds is 6. The Balaban J connectivity index is 1.88. The maximum absolute atomic E-state index is 12.4. The minimum Gasteiger partial charge on any atom is -0.381 e. The molecule has 4 heteroatoms. The molecule has 1 atom stereocenters. The second-order valence-electron chi connectivity index (χ2n) is 5.69. The fourth-order valence-corrected chi connectivity index (χ4v) is 3.10. The molecule has 2 saturated heterocycles. The number of nitrogens with zero attached hydrogens (tertiary/aromatic N) is 2. The Hall–Kier alpha value is -1.13. The summed E-state index contributed by atoms with van der Waals surface area (Å²) in [4.78, 5) is 16.9. The number of hydrogen-bond donors (Lipinski definition) is 0. The van der Waals surface area contributed by atoms with Crippen molar-refractivity contribution in [2.45, 2.75) is 31.7 Å². The van der Waals surface area contributed by atoms with Crippen LogP contribution in [0.25, 0.3) is 0 Å². The average Bonchev–Trinajstić information content (AvgIpc) is 3.10. The molecule has 2 fully saturated rings. The molecule has 0 N–H and O–H groups in total. The van der Waals surface area contributed by atoms with Crippen LogP contribution in [0, 0.1) is 0 Å². The number of methoxy groups -OCH3 is 1. The quantitative estimate of drug-likeness (QED) is 0.549. The zero-order valence-electron chi connectivity index (χ0n) is 12.5. The SMILES string of the molecule is C=C(/C=C/COC)C(=O)N1CCCC1CN1CCCC1. The summed E-state index contributed by atoms with van der Waals surface area (Å²) in [6, 6.07) is 0.369. The van der Waals surface area contributed by atoms with Crippen LogP contribution in [0.4, 0.5) is 0 Å². The highest BCUT2D eigenvalue weighted by molar-refractivity contribution is 5.95. The van der Waals surface area contributed by atoms with Gasteiger partial charge < -0.3 is 14.5 Å². The number of hydrogen-bond acceptors (Lipinski definition) is 3. The van der Waals surface area contributed by atoms with E-state index in [1.807, 2.05) is 11.0 Å². The van der Waals surface area contributed by atoms with Gasteiger partial charge in [-0.2, -0.15) is 0 Å². The second-order valence-corrected chi connectivity index (χ2v) is 5.69. The number of ether oxygens (including phenoxy) is 1. The monoisotopic (exact) mass is 278 g/mol. The van der Waals surface area contributed by atoms with Gasteiger partial charge in [-0.1, -0.05) is 18.7 Å². The Morgan fingerprint density at radius 1 is 1.30 bits per heavy atom. The van der Waals surface area contributed by atoms with Crippen molar-refractivity contribution >= 4 is 5.91 Å². The molecule has 2 aliphatic rings. The maximum Gasteiger partial charge on any atom is 0.253 e. The van der Waals surface area contributed by atoms with Gasteiger partial charge in [0.25, 0.3) is 5.91 Å². The topological polar surface area (TPSA) is 32.8 Å². The van der Waals surface area contributed by atoms with E-state index in [4.69, 9.17) is 4.74 Å².